The number of H-pyrrole nitrogens is 1. The van der Waals surface area contributed by atoms with Crippen LogP contribution in [0.3, 0.4) is 0 Å². The van der Waals surface area contributed by atoms with Gasteiger partial charge in [0.1, 0.15) is 102 Å². The lowest BCUT2D eigenvalue weighted by Crippen LogP contribution is -2.48. The predicted octanol–water partition coefficient (Wildman–Crippen LogP) is 11.7. The number of hydrogen-bond donors (Lipinski definition) is 7. The summed E-state index contributed by atoms with van der Waals surface area (Å²) < 4.78 is 133. The Labute approximate surface area is 758 Å². The highest BCUT2D eigenvalue weighted by molar-refractivity contribution is 7.45. The minimum absolute atomic E-state index is 0.00919. The molecule has 3 unspecified atom stereocenters. The van der Waals surface area contributed by atoms with E-state index in [1.165, 1.54) is 38.6 Å². The third-order valence-electron chi connectivity index (χ3n) is 23.1. The molecule has 15 atom stereocenters. The summed E-state index contributed by atoms with van der Waals surface area (Å²) in [5, 5.41) is 18.7. The first-order chi connectivity index (χ1) is 64.2. The first-order valence-corrected chi connectivity index (χ1v) is 45.9. The molecular formula is C86H122N19O20P3. The van der Waals surface area contributed by atoms with E-state index in [2.05, 4.69) is 150 Å². The van der Waals surface area contributed by atoms with Crippen molar-refractivity contribution in [2.45, 2.75) is 275 Å². The number of aliphatic hydroxyl groups is 3. The highest BCUT2D eigenvalue weighted by atomic mass is 31.2. The van der Waals surface area contributed by atoms with Gasteiger partial charge in [0.2, 0.25) is 35.8 Å². The fraction of sp³-hybridized carbons (Fsp3) is 0.628. The predicted molar refractivity (Wildman–Crippen MR) is 479 cm³/mol. The molecule has 6 saturated heterocycles. The van der Waals surface area contributed by atoms with Crippen LogP contribution in [0.2, 0.25) is 0 Å². The van der Waals surface area contributed by atoms with Crippen LogP contribution in [0.4, 0.5) is 17.6 Å². The first-order valence-electron chi connectivity index (χ1n) is 45.8. The molecule has 7 aromatic rings. The summed E-state index contributed by atoms with van der Waals surface area (Å²) in [6.45, 7) is 51.2. The molecule has 9 fully saturated rings. The fourth-order valence-electron chi connectivity index (χ4n) is 16.7. The van der Waals surface area contributed by atoms with Gasteiger partial charge in [-0.2, -0.15) is 9.97 Å². The molecule has 0 radical (unpaired) electrons. The Morgan fingerprint density at radius 3 is 1.35 bits per heavy atom. The van der Waals surface area contributed by atoms with Crippen LogP contribution in [0.15, 0.2) is 95.4 Å². The Morgan fingerprint density at radius 1 is 0.562 bits per heavy atom. The molecule has 6 aliphatic heterocycles. The topological polar surface area (TPSA) is 424 Å². The van der Waals surface area contributed by atoms with Crippen molar-refractivity contribution in [3.63, 3.8) is 0 Å². The van der Waals surface area contributed by atoms with Crippen molar-refractivity contribution in [1.82, 2.24) is 62.6 Å². The number of imidazole rings is 2. The number of ether oxygens (including phenoxy) is 6. The molecule has 9 aliphatic rings. The van der Waals surface area contributed by atoms with Gasteiger partial charge < -0.3 is 96.1 Å². The first kappa shape index (κ1) is 91.6. The van der Waals surface area contributed by atoms with Crippen LogP contribution >= 0.6 is 25.6 Å². The quantitative estimate of drug-likeness (QED) is 0.0114. The van der Waals surface area contributed by atoms with Crippen LogP contribution in [0.5, 0.6) is 0 Å². The molecule has 2 aromatic carbocycles. The van der Waals surface area contributed by atoms with Crippen molar-refractivity contribution in [3.05, 3.63) is 158 Å². The Balaban J connectivity index is 0.000000185. The summed E-state index contributed by atoms with van der Waals surface area (Å²) in [5.41, 5.74) is -3.43. The number of aromatic amines is 1. The van der Waals surface area contributed by atoms with Gasteiger partial charge >= 0.3 is 5.69 Å². The van der Waals surface area contributed by atoms with E-state index >= 15 is 0 Å². The summed E-state index contributed by atoms with van der Waals surface area (Å²) in [4.78, 5) is 103. The van der Waals surface area contributed by atoms with Gasteiger partial charge in [-0.05, 0) is 160 Å². The summed E-state index contributed by atoms with van der Waals surface area (Å²) >= 11 is 0. The third kappa shape index (κ3) is 20.0. The summed E-state index contributed by atoms with van der Waals surface area (Å²) in [6.07, 6.45) is 4.49. The standard InChI is InChI=1S/C29H36N7O5P.C28H36N5O6P.C26H38N7O6P.3CH4O/c1-18(2)36(19(3)4)42(38-15-14-30-6)41-23-22-27(40-28(23,5)29(39-22)12-13-29)35-17-33-21-24(31-16-32-25(21)35)34-26(37)20-10-8-7-9-11-20;1-7-33(18(2)3)40(36-16-15-29-6)39-22-21-25(38-27(22,5)28(37-21)13-14-28)32-17-19(4)23(31-26(32)35)30-24(34)20-11-9-8-10-12-20;1-14(2)21(34)30-24-29-20-17(22(35)31-24)28-13-32(20)23-18-19(25(7,38-23)26(37-18)9-10-26)39-40(36-12-11-27-8)33(15(3)4)16(5)6;3*1-2/h7-11,16-19,22-23,27H,12-15H2,1-5H3,(H,31,32,34,37);8-12,17-18,21-22,25H,7,13-16H2,1-5H3,(H,30,31,34,35);13-16,18-19,23H,9-12H2,1-7H3,(H2,29,30,31,34,35);3*2H,1H3/t22-,23+,27-,28-,42?;21-,22+,25-,27-,40?;18-,19+,23-,25-,40?;;;/m111.../s1/i2*5D;7D;3*2T. The van der Waals surface area contributed by atoms with Crippen molar-refractivity contribution < 1.29 is 89.4 Å². The number of nitrogens with one attached hydrogen (secondary N) is 4. The van der Waals surface area contributed by atoms with Gasteiger partial charge in [-0.15, -0.1) is 0 Å². The van der Waals surface area contributed by atoms with Crippen molar-refractivity contribution in [3.8, 4) is 0 Å². The van der Waals surface area contributed by atoms with Crippen LogP contribution < -0.4 is 27.2 Å². The number of fused-ring (bicyclic) bond motifs is 11. The maximum absolute atomic E-state index is 13.3. The Hall–Kier alpha value is -8.33. The van der Waals surface area contributed by atoms with Gasteiger partial charge in [-0.3, -0.25) is 43.2 Å². The minimum atomic E-state index is -1.62. The average molecular weight is 1840 g/mol. The van der Waals surface area contributed by atoms with Crippen molar-refractivity contribution in [2.75, 3.05) is 83.3 Å². The van der Waals surface area contributed by atoms with Gasteiger partial charge in [0.15, 0.2) is 46.8 Å². The van der Waals surface area contributed by atoms with Crippen LogP contribution in [-0.4, -0.2) is 268 Å². The number of amides is 3. The SMILES string of the molecule is [2H]C[C@]12O[C@@H](n3cc(C)c(NC(=O)c4ccccc4)nc3=O)[C@H](OC13CC3)[C@@H]2OP(OCC[N+]#[C-])N(CC)C(C)C.[2H]C[C@]12O[C@@H](n3cnc4c(=O)[nH]c(NC(=O)C(C)C)nc43)[C@H](OC13CC3)[C@@H]2OP(OCC[N+]#[C-])N(C(C)C)C(C)C.[2H]C[C@]12O[C@@H](n3cnc4c(NC(=O)c5ccccc5)ncnc43)[C@H](OC13CC3)[C@@H]2OP(OCC[N+]#[C-])N(C(C)C)C(C)C.[3H]OC.[3H]OC.[3H]OC. The molecule has 42 heteroatoms. The van der Waals surface area contributed by atoms with E-state index in [0.29, 0.717) is 34.4 Å². The normalized spacial score (nSPS) is 26.4. The number of aryl methyl sites for hydroxylation is 1. The van der Waals surface area contributed by atoms with Gasteiger partial charge in [-0.25, -0.2) is 58.5 Å². The van der Waals surface area contributed by atoms with Crippen molar-refractivity contribution >= 4 is 83.2 Å². The zero-order valence-corrected chi connectivity index (χ0v) is 78.0. The number of nitrogens with zero attached hydrogens (tertiary/aromatic N) is 15. The van der Waals surface area contributed by atoms with E-state index in [-0.39, 0.29) is 143 Å². The number of anilines is 3. The van der Waals surface area contributed by atoms with Gasteiger partial charge in [0, 0.05) is 91.0 Å². The largest absolute Gasteiger partial charge is 0.400 e. The lowest BCUT2D eigenvalue weighted by Gasteiger charge is -2.39. The molecule has 16 rings (SSSR count). The minimum Gasteiger partial charge on any atom is -0.400 e. The Kier molecular flexibility index (Phi) is 30.4. The summed E-state index contributed by atoms with van der Waals surface area (Å²) in [5.74, 6) is -0.818. The average Bonchev–Trinajstić information content (AvgIpc) is 1.51. The van der Waals surface area contributed by atoms with Crippen LogP contribution in [0, 0.1) is 32.6 Å². The monoisotopic (exact) mass is 1840 g/mol. The van der Waals surface area contributed by atoms with Crippen molar-refractivity contribution in [1.29, 1.82) is 4.29 Å². The Morgan fingerprint density at radius 2 is 0.961 bits per heavy atom. The fourth-order valence-corrected chi connectivity index (χ4v) is 21.9. The van der Waals surface area contributed by atoms with E-state index in [0.717, 1.165) is 38.5 Å². The smallest absolute Gasteiger partial charge is 0.351 e. The van der Waals surface area contributed by atoms with Crippen LogP contribution in [-0.2, 0) is 60.4 Å². The number of hydrogen-bond acceptors (Lipinski definition) is 29. The van der Waals surface area contributed by atoms with Crippen LogP contribution in [0.25, 0.3) is 36.9 Å². The maximum Gasteiger partial charge on any atom is 0.351 e. The van der Waals surface area contributed by atoms with E-state index in [4.69, 9.17) is 83.7 Å². The highest BCUT2D eigenvalue weighted by Crippen LogP contribution is 2.70. The number of carbonyl (C=O) groups is 3. The van der Waals surface area contributed by atoms with E-state index in [1.807, 2.05) is 32.9 Å². The van der Waals surface area contributed by atoms with Gasteiger partial charge in [0.25, 0.3) is 43.0 Å². The molecule has 5 aromatic heterocycles. The molecule has 3 amide bonds. The molecule has 3 aliphatic carbocycles. The molecule has 39 nitrogen and oxygen atoms in total. The van der Waals surface area contributed by atoms with Crippen molar-refractivity contribution in [2.24, 2.45) is 5.92 Å². The lowest BCUT2D eigenvalue weighted by atomic mass is 9.93. The van der Waals surface area contributed by atoms with Gasteiger partial charge in [-0.1, -0.05) is 57.2 Å². The molecule has 128 heavy (non-hydrogen) atoms. The van der Waals surface area contributed by atoms with Gasteiger partial charge in [0.05, 0.1) is 12.7 Å². The number of benzene rings is 2. The second-order valence-electron chi connectivity index (χ2n) is 33.4. The van der Waals surface area contributed by atoms with E-state index < -0.39 is 126 Å². The number of aliphatic hydroxyl groups excluding tert-OH is 3. The summed E-state index contributed by atoms with van der Waals surface area (Å²) in [6, 6.07) is 18.1. The Bertz CT molecular complexity index is 5350. The van der Waals surface area contributed by atoms with Crippen LogP contribution in [0.1, 0.15) is 198 Å². The molecule has 3 spiro atoms. The number of carbonyl (C=O) groups excluding carboxylic acids is 3. The lowest BCUT2D eigenvalue weighted by molar-refractivity contribution is -0.218. The summed E-state index contributed by atoms with van der Waals surface area (Å²) in [7, 11) is -0.933. The zero-order chi connectivity index (χ0) is 97.5. The van der Waals surface area contributed by atoms with E-state index in [9.17, 15) is 24.0 Å². The molecule has 696 valence electrons. The third-order valence-corrected chi connectivity index (χ3v) is 29.3. The second kappa shape index (κ2) is 42.5. The molecular weight excluding hydrogens is 1710 g/mol. The second-order valence-corrected chi connectivity index (χ2v) is 37.6. The molecule has 7 N–H and O–H groups in total. The maximum atomic E-state index is 13.3. The zero-order valence-electron chi connectivity index (χ0n) is 81.3. The molecule has 3 saturated carbocycles. The number of rotatable bonds is 33. The number of aromatic nitrogens is 10. The molecule has 11 heterocycles. The van der Waals surface area contributed by atoms with E-state index in [1.54, 1.807) is 91.0 Å². The highest BCUT2D eigenvalue weighted by Gasteiger charge is 2.80. The molecule has 6 bridgehead atoms.